The van der Waals surface area contributed by atoms with Crippen molar-refractivity contribution >= 4 is 6.01 Å². The first kappa shape index (κ1) is 12.3. The van der Waals surface area contributed by atoms with Crippen molar-refractivity contribution in [2.45, 2.75) is 26.4 Å². The molecule has 1 aliphatic rings. The summed E-state index contributed by atoms with van der Waals surface area (Å²) >= 11 is 0. The molecular formula is C11H18N2O4. The molecule has 6 nitrogen and oxygen atoms in total. The highest BCUT2D eigenvalue weighted by atomic mass is 16.9. The fraction of sp³-hybridized carbons (Fsp3) is 0.727. The number of nitrogens with zero attached hydrogens (tertiary/aromatic N) is 2. The molecule has 0 aliphatic carbocycles. The zero-order chi connectivity index (χ0) is 12.3. The summed E-state index contributed by atoms with van der Waals surface area (Å²) in [6.45, 7) is 5.91. The van der Waals surface area contributed by atoms with E-state index in [4.69, 9.17) is 18.6 Å². The fourth-order valence-corrected chi connectivity index (χ4v) is 1.50. The van der Waals surface area contributed by atoms with Crippen LogP contribution in [0.1, 0.15) is 25.8 Å². The van der Waals surface area contributed by atoms with Crippen molar-refractivity contribution in [2.24, 2.45) is 0 Å². The average Bonchev–Trinajstić information content (AvgIpc) is 2.74. The van der Waals surface area contributed by atoms with E-state index in [0.717, 1.165) is 6.54 Å². The van der Waals surface area contributed by atoms with Crippen LogP contribution in [0.5, 0.6) is 0 Å². The summed E-state index contributed by atoms with van der Waals surface area (Å²) in [5.41, 5.74) is 0.668. The number of hydrogen-bond donors (Lipinski definition) is 0. The molecule has 0 bridgehead atoms. The summed E-state index contributed by atoms with van der Waals surface area (Å²) in [6, 6.07) is 0.548. The SMILES string of the molecule is CCOCCN(C)c1nc(C2OC(C)O2)co1. The van der Waals surface area contributed by atoms with Crippen molar-refractivity contribution in [2.75, 3.05) is 31.7 Å². The van der Waals surface area contributed by atoms with E-state index in [2.05, 4.69) is 4.98 Å². The predicted octanol–water partition coefficient (Wildman–Crippen LogP) is 1.54. The van der Waals surface area contributed by atoms with E-state index in [0.29, 0.717) is 24.9 Å². The molecule has 0 unspecified atom stereocenters. The average molecular weight is 242 g/mol. The molecule has 1 aliphatic heterocycles. The topological polar surface area (TPSA) is 57.0 Å². The molecular weight excluding hydrogens is 224 g/mol. The highest BCUT2D eigenvalue weighted by Crippen LogP contribution is 2.31. The number of aromatic nitrogens is 1. The van der Waals surface area contributed by atoms with Gasteiger partial charge >= 0.3 is 0 Å². The minimum atomic E-state index is -0.386. The van der Waals surface area contributed by atoms with Gasteiger partial charge in [-0.2, -0.15) is 4.98 Å². The maximum Gasteiger partial charge on any atom is 0.297 e. The summed E-state index contributed by atoms with van der Waals surface area (Å²) < 4.78 is 21.3. The van der Waals surface area contributed by atoms with E-state index >= 15 is 0 Å². The van der Waals surface area contributed by atoms with Gasteiger partial charge in [-0.25, -0.2) is 0 Å². The van der Waals surface area contributed by atoms with Gasteiger partial charge in [-0.3, -0.25) is 0 Å². The summed E-state index contributed by atoms with van der Waals surface area (Å²) in [4.78, 5) is 6.19. The summed E-state index contributed by atoms with van der Waals surface area (Å²) in [5.74, 6) is 0. The van der Waals surface area contributed by atoms with Crippen LogP contribution in [0.15, 0.2) is 10.7 Å². The number of ether oxygens (including phenoxy) is 3. The third-order valence-electron chi connectivity index (χ3n) is 2.48. The lowest BCUT2D eigenvalue weighted by Crippen LogP contribution is -2.31. The Labute approximate surface area is 100 Å². The fourth-order valence-electron chi connectivity index (χ4n) is 1.50. The molecule has 0 N–H and O–H groups in total. The summed E-state index contributed by atoms with van der Waals surface area (Å²) in [7, 11) is 1.90. The Morgan fingerprint density at radius 3 is 2.88 bits per heavy atom. The molecule has 6 heteroatoms. The number of likely N-dealkylation sites (N-methyl/N-ethyl adjacent to an activating group) is 1. The number of oxazole rings is 1. The Kier molecular flexibility index (Phi) is 3.98. The van der Waals surface area contributed by atoms with E-state index in [1.165, 1.54) is 0 Å². The molecule has 2 rings (SSSR count). The second kappa shape index (κ2) is 5.48. The third kappa shape index (κ3) is 2.96. The Hall–Kier alpha value is -1.11. The Bertz CT molecular complexity index is 349. The lowest BCUT2D eigenvalue weighted by Gasteiger charge is -2.31. The van der Waals surface area contributed by atoms with Crippen LogP contribution in [0.2, 0.25) is 0 Å². The van der Waals surface area contributed by atoms with Gasteiger partial charge < -0.3 is 23.5 Å². The van der Waals surface area contributed by atoms with Crippen molar-refractivity contribution in [1.82, 2.24) is 4.98 Å². The monoisotopic (exact) mass is 242 g/mol. The van der Waals surface area contributed by atoms with Gasteiger partial charge in [0.1, 0.15) is 12.0 Å². The number of hydrogen-bond acceptors (Lipinski definition) is 6. The molecule has 1 saturated heterocycles. The maximum atomic E-state index is 5.35. The first-order valence-corrected chi connectivity index (χ1v) is 5.76. The van der Waals surface area contributed by atoms with Gasteiger partial charge in [0.05, 0.1) is 6.61 Å². The van der Waals surface area contributed by atoms with Gasteiger partial charge in [-0.05, 0) is 13.8 Å². The molecule has 1 aromatic heterocycles. The molecule has 1 fully saturated rings. The van der Waals surface area contributed by atoms with Gasteiger partial charge in [-0.1, -0.05) is 0 Å². The highest BCUT2D eigenvalue weighted by molar-refractivity contribution is 5.25. The molecule has 0 radical (unpaired) electrons. The Morgan fingerprint density at radius 2 is 2.24 bits per heavy atom. The molecule has 0 spiro atoms. The van der Waals surface area contributed by atoms with Crippen LogP contribution in [0, 0.1) is 0 Å². The number of anilines is 1. The van der Waals surface area contributed by atoms with Gasteiger partial charge in [-0.15, -0.1) is 0 Å². The van der Waals surface area contributed by atoms with Crippen LogP contribution < -0.4 is 4.90 Å². The molecule has 17 heavy (non-hydrogen) atoms. The maximum absolute atomic E-state index is 5.35. The van der Waals surface area contributed by atoms with Crippen LogP contribution in [0.25, 0.3) is 0 Å². The van der Waals surface area contributed by atoms with Gasteiger partial charge in [0, 0.05) is 20.2 Å². The smallest absolute Gasteiger partial charge is 0.297 e. The molecule has 0 atom stereocenters. The van der Waals surface area contributed by atoms with Gasteiger partial charge in [0.15, 0.2) is 6.29 Å². The van der Waals surface area contributed by atoms with E-state index in [-0.39, 0.29) is 12.6 Å². The van der Waals surface area contributed by atoms with Crippen molar-refractivity contribution in [3.8, 4) is 0 Å². The van der Waals surface area contributed by atoms with Gasteiger partial charge in [0.2, 0.25) is 6.29 Å². The lowest BCUT2D eigenvalue weighted by atomic mass is 10.4. The molecule has 2 heterocycles. The van der Waals surface area contributed by atoms with Crippen molar-refractivity contribution in [3.63, 3.8) is 0 Å². The highest BCUT2D eigenvalue weighted by Gasteiger charge is 2.31. The molecule has 0 saturated carbocycles. The second-order valence-corrected chi connectivity index (χ2v) is 3.85. The first-order valence-electron chi connectivity index (χ1n) is 5.76. The Morgan fingerprint density at radius 1 is 1.47 bits per heavy atom. The van der Waals surface area contributed by atoms with Crippen molar-refractivity contribution < 1.29 is 18.6 Å². The standard InChI is InChI=1S/C11H18N2O4/c1-4-14-6-5-13(3)11-12-9(7-15-11)10-16-8(2)17-10/h7-8,10H,4-6H2,1-3H3. The van der Waals surface area contributed by atoms with Crippen molar-refractivity contribution in [3.05, 3.63) is 12.0 Å². The molecule has 0 amide bonds. The molecule has 96 valence electrons. The second-order valence-electron chi connectivity index (χ2n) is 3.85. The largest absolute Gasteiger partial charge is 0.432 e. The summed E-state index contributed by atoms with van der Waals surface area (Å²) in [5, 5.41) is 0. The van der Waals surface area contributed by atoms with Crippen molar-refractivity contribution in [1.29, 1.82) is 0 Å². The molecule has 0 aromatic carbocycles. The van der Waals surface area contributed by atoms with E-state index in [9.17, 15) is 0 Å². The number of rotatable bonds is 6. The minimum Gasteiger partial charge on any atom is -0.432 e. The normalized spacial score (nSPS) is 23.5. The zero-order valence-corrected chi connectivity index (χ0v) is 10.4. The van der Waals surface area contributed by atoms with Crippen LogP contribution in [-0.4, -0.2) is 38.1 Å². The zero-order valence-electron chi connectivity index (χ0n) is 10.4. The van der Waals surface area contributed by atoms with E-state index in [1.54, 1.807) is 6.26 Å². The van der Waals surface area contributed by atoms with Crippen LogP contribution in [-0.2, 0) is 14.2 Å². The summed E-state index contributed by atoms with van der Waals surface area (Å²) in [6.07, 6.45) is 1.02. The lowest BCUT2D eigenvalue weighted by molar-refractivity contribution is -0.383. The Balaban J connectivity index is 1.84. The predicted molar refractivity (Wildman–Crippen MR) is 60.6 cm³/mol. The quantitative estimate of drug-likeness (QED) is 0.705. The van der Waals surface area contributed by atoms with Gasteiger partial charge in [0.25, 0.3) is 6.01 Å². The van der Waals surface area contributed by atoms with Crippen LogP contribution >= 0.6 is 0 Å². The molecule has 1 aromatic rings. The first-order chi connectivity index (χ1) is 8.20. The third-order valence-corrected chi connectivity index (χ3v) is 2.48. The van der Waals surface area contributed by atoms with E-state index < -0.39 is 0 Å². The van der Waals surface area contributed by atoms with E-state index in [1.807, 2.05) is 25.8 Å². The minimum absolute atomic E-state index is 0.157. The van der Waals surface area contributed by atoms with Crippen LogP contribution in [0.3, 0.4) is 0 Å². The van der Waals surface area contributed by atoms with Crippen LogP contribution in [0.4, 0.5) is 6.01 Å².